The Labute approximate surface area is 102 Å². The van der Waals surface area contributed by atoms with Gasteiger partial charge in [-0.15, -0.1) is 0 Å². The van der Waals surface area contributed by atoms with Crippen LogP contribution >= 0.6 is 0 Å². The van der Waals surface area contributed by atoms with Gasteiger partial charge in [0, 0.05) is 11.6 Å². The molecule has 1 aromatic carbocycles. The third-order valence-corrected chi connectivity index (χ3v) is 2.50. The summed E-state index contributed by atoms with van der Waals surface area (Å²) in [6, 6.07) is 5.61. The predicted octanol–water partition coefficient (Wildman–Crippen LogP) is 1.96. The van der Waals surface area contributed by atoms with Gasteiger partial charge in [-0.1, -0.05) is 12.1 Å². The van der Waals surface area contributed by atoms with E-state index in [4.69, 9.17) is 10.5 Å². The fourth-order valence-electron chi connectivity index (χ4n) is 1.52. The van der Waals surface area contributed by atoms with Gasteiger partial charge in [0.05, 0.1) is 7.11 Å². The van der Waals surface area contributed by atoms with Gasteiger partial charge in [-0.2, -0.15) is 0 Å². The van der Waals surface area contributed by atoms with Crippen molar-refractivity contribution in [3.63, 3.8) is 0 Å². The standard InChI is InChI=1S/C13H19NO3/c1-8-5-6-11(9(2)14)12(7-8)17-10(3)13(15)16-4/h5-7,9-10H,14H2,1-4H3. The summed E-state index contributed by atoms with van der Waals surface area (Å²) in [5, 5.41) is 0. The largest absolute Gasteiger partial charge is 0.479 e. The number of ether oxygens (including phenoxy) is 2. The van der Waals surface area contributed by atoms with Crippen LogP contribution in [0, 0.1) is 6.92 Å². The molecular formula is C13H19NO3. The molecule has 2 unspecified atom stereocenters. The lowest BCUT2D eigenvalue weighted by atomic mass is 10.1. The van der Waals surface area contributed by atoms with Crippen LogP contribution in [0.5, 0.6) is 5.75 Å². The van der Waals surface area contributed by atoms with E-state index in [1.54, 1.807) is 6.92 Å². The molecule has 0 saturated carbocycles. The van der Waals surface area contributed by atoms with E-state index in [9.17, 15) is 4.79 Å². The molecule has 0 spiro atoms. The van der Waals surface area contributed by atoms with Crippen molar-refractivity contribution in [2.75, 3.05) is 7.11 Å². The first-order valence-electron chi connectivity index (χ1n) is 5.56. The van der Waals surface area contributed by atoms with Crippen molar-refractivity contribution >= 4 is 5.97 Å². The second-order valence-electron chi connectivity index (χ2n) is 4.11. The Morgan fingerprint density at radius 3 is 2.53 bits per heavy atom. The van der Waals surface area contributed by atoms with E-state index in [-0.39, 0.29) is 6.04 Å². The van der Waals surface area contributed by atoms with E-state index >= 15 is 0 Å². The highest BCUT2D eigenvalue weighted by molar-refractivity contribution is 5.74. The molecule has 0 heterocycles. The average molecular weight is 237 g/mol. The van der Waals surface area contributed by atoms with Crippen molar-refractivity contribution < 1.29 is 14.3 Å². The highest BCUT2D eigenvalue weighted by atomic mass is 16.6. The number of benzene rings is 1. The van der Waals surface area contributed by atoms with Crippen molar-refractivity contribution in [2.24, 2.45) is 5.73 Å². The van der Waals surface area contributed by atoms with Gasteiger partial charge >= 0.3 is 5.97 Å². The topological polar surface area (TPSA) is 61.5 Å². The molecule has 4 heteroatoms. The smallest absolute Gasteiger partial charge is 0.346 e. The van der Waals surface area contributed by atoms with Crippen LogP contribution in [-0.2, 0) is 9.53 Å². The van der Waals surface area contributed by atoms with E-state index < -0.39 is 12.1 Å². The number of esters is 1. The zero-order valence-corrected chi connectivity index (χ0v) is 10.7. The van der Waals surface area contributed by atoms with E-state index in [2.05, 4.69) is 4.74 Å². The quantitative estimate of drug-likeness (QED) is 0.813. The van der Waals surface area contributed by atoms with Crippen LogP contribution in [0.2, 0.25) is 0 Å². The molecule has 0 aliphatic rings. The van der Waals surface area contributed by atoms with E-state index in [1.165, 1.54) is 7.11 Å². The first-order chi connectivity index (χ1) is 7.95. The molecule has 0 aliphatic carbocycles. The normalized spacial score (nSPS) is 13.9. The van der Waals surface area contributed by atoms with Gasteiger partial charge in [-0.25, -0.2) is 4.79 Å². The van der Waals surface area contributed by atoms with Crippen LogP contribution in [0.4, 0.5) is 0 Å². The third kappa shape index (κ3) is 3.46. The van der Waals surface area contributed by atoms with Gasteiger partial charge in [0.2, 0.25) is 0 Å². The van der Waals surface area contributed by atoms with Crippen molar-refractivity contribution in [1.29, 1.82) is 0 Å². The van der Waals surface area contributed by atoms with Crippen LogP contribution in [0.1, 0.15) is 31.0 Å². The Kier molecular flexibility index (Phi) is 4.52. The molecule has 0 radical (unpaired) electrons. The number of carbonyl (C=O) groups is 1. The van der Waals surface area contributed by atoms with E-state index in [0.717, 1.165) is 11.1 Å². The number of rotatable bonds is 4. The first-order valence-corrected chi connectivity index (χ1v) is 5.56. The Hall–Kier alpha value is -1.55. The molecule has 0 fully saturated rings. The highest BCUT2D eigenvalue weighted by Crippen LogP contribution is 2.26. The molecule has 0 aliphatic heterocycles. The van der Waals surface area contributed by atoms with E-state index in [1.807, 2.05) is 32.0 Å². The molecule has 1 aromatic rings. The summed E-state index contributed by atoms with van der Waals surface area (Å²) in [4.78, 5) is 11.3. The minimum absolute atomic E-state index is 0.143. The molecular weight excluding hydrogens is 218 g/mol. The summed E-state index contributed by atoms with van der Waals surface area (Å²) in [6.07, 6.45) is -0.640. The molecule has 4 nitrogen and oxygen atoms in total. The number of nitrogens with two attached hydrogens (primary N) is 1. The zero-order valence-electron chi connectivity index (χ0n) is 10.7. The minimum atomic E-state index is -0.640. The monoisotopic (exact) mass is 237 g/mol. The van der Waals surface area contributed by atoms with E-state index in [0.29, 0.717) is 5.75 Å². The lowest BCUT2D eigenvalue weighted by molar-refractivity contribution is -0.147. The van der Waals surface area contributed by atoms with Crippen molar-refractivity contribution in [1.82, 2.24) is 0 Å². The van der Waals surface area contributed by atoms with Crippen molar-refractivity contribution in [2.45, 2.75) is 32.9 Å². The third-order valence-electron chi connectivity index (χ3n) is 2.50. The fourth-order valence-corrected chi connectivity index (χ4v) is 1.52. The molecule has 0 aromatic heterocycles. The van der Waals surface area contributed by atoms with Crippen LogP contribution in [-0.4, -0.2) is 19.2 Å². The fraction of sp³-hybridized carbons (Fsp3) is 0.462. The number of carbonyl (C=O) groups excluding carboxylic acids is 1. The number of hydrogen-bond acceptors (Lipinski definition) is 4. The molecule has 94 valence electrons. The summed E-state index contributed by atoms with van der Waals surface area (Å²) in [7, 11) is 1.34. The van der Waals surface area contributed by atoms with Gasteiger partial charge in [0.15, 0.2) is 6.10 Å². The van der Waals surface area contributed by atoms with Crippen LogP contribution in [0.15, 0.2) is 18.2 Å². The summed E-state index contributed by atoms with van der Waals surface area (Å²) in [6.45, 7) is 5.49. The first kappa shape index (κ1) is 13.5. The van der Waals surface area contributed by atoms with Crippen molar-refractivity contribution in [3.8, 4) is 5.75 Å². The molecule has 2 N–H and O–H groups in total. The number of hydrogen-bond donors (Lipinski definition) is 1. The molecule has 2 atom stereocenters. The highest BCUT2D eigenvalue weighted by Gasteiger charge is 2.17. The Balaban J connectivity index is 2.96. The maximum Gasteiger partial charge on any atom is 0.346 e. The van der Waals surface area contributed by atoms with Gasteiger partial charge in [-0.05, 0) is 32.4 Å². The van der Waals surface area contributed by atoms with Crippen LogP contribution in [0.3, 0.4) is 0 Å². The molecule has 0 bridgehead atoms. The summed E-state index contributed by atoms with van der Waals surface area (Å²) in [5.74, 6) is 0.236. The van der Waals surface area contributed by atoms with Gasteiger partial charge < -0.3 is 15.2 Å². The Morgan fingerprint density at radius 2 is 2.00 bits per heavy atom. The molecule has 0 saturated heterocycles. The lowest BCUT2D eigenvalue weighted by Crippen LogP contribution is -2.25. The van der Waals surface area contributed by atoms with Gasteiger partial charge in [-0.3, -0.25) is 0 Å². The van der Waals surface area contributed by atoms with Crippen LogP contribution < -0.4 is 10.5 Å². The zero-order chi connectivity index (χ0) is 13.0. The lowest BCUT2D eigenvalue weighted by Gasteiger charge is -2.18. The molecule has 17 heavy (non-hydrogen) atoms. The maximum absolute atomic E-state index is 11.3. The Bertz CT molecular complexity index is 402. The second kappa shape index (κ2) is 5.68. The summed E-state index contributed by atoms with van der Waals surface area (Å²) in [5.41, 5.74) is 7.79. The average Bonchev–Trinajstić information content (AvgIpc) is 2.27. The number of aryl methyl sites for hydroxylation is 1. The summed E-state index contributed by atoms with van der Waals surface area (Å²) >= 11 is 0. The maximum atomic E-state index is 11.3. The SMILES string of the molecule is COC(=O)C(C)Oc1cc(C)ccc1C(C)N. The van der Waals surface area contributed by atoms with Gasteiger partial charge in [0.1, 0.15) is 5.75 Å². The van der Waals surface area contributed by atoms with Crippen molar-refractivity contribution in [3.05, 3.63) is 29.3 Å². The summed E-state index contributed by atoms with van der Waals surface area (Å²) < 4.78 is 10.2. The molecule has 0 amide bonds. The van der Waals surface area contributed by atoms with Crippen LogP contribution in [0.25, 0.3) is 0 Å². The van der Waals surface area contributed by atoms with Gasteiger partial charge in [0.25, 0.3) is 0 Å². The Morgan fingerprint density at radius 1 is 1.35 bits per heavy atom. The number of methoxy groups -OCH3 is 1. The molecule has 1 rings (SSSR count). The second-order valence-corrected chi connectivity index (χ2v) is 4.11. The predicted molar refractivity (Wildman–Crippen MR) is 65.9 cm³/mol. The minimum Gasteiger partial charge on any atom is -0.479 e.